The third-order valence-electron chi connectivity index (χ3n) is 23.3. The molecule has 18 rings (SSSR count). The SMILES string of the molecule is C=CC(=O)N1CCC2(C1)CN(c1ncnc3c(F)c(-c4c(O)cccc4F)c(Cl)cc13)C2.C=CC(=O)N1CCCN(c2ncnc3c(F)c(-c4c(O)cccc4F)c(Cl)cc23)CC1.C=CC(=O)N1CCN(c2ncnc3c(F)c(-c4c(F)cccc4OCc4cncn4C)c(Cl)cc23)CC1.C=CC(=O)N1CCN(c2ncnc3cc(-c4c(C)cccc4F)c(Cl)cc23)CC1. The van der Waals surface area contributed by atoms with E-state index in [-0.39, 0.29) is 112 Å². The number of phenols is 2. The number of benzene rings is 8. The molecule has 0 saturated carbocycles. The predicted molar refractivity (Wildman–Crippen MR) is 483 cm³/mol. The number of aryl methyl sites for hydroxylation is 2. The topological polar surface area (TPSA) is 265 Å². The summed E-state index contributed by atoms with van der Waals surface area (Å²) in [5.74, 6) is -3.89. The summed E-state index contributed by atoms with van der Waals surface area (Å²) in [6.45, 7) is 25.3. The van der Waals surface area contributed by atoms with Gasteiger partial charge in [0.2, 0.25) is 23.6 Å². The Labute approximate surface area is 754 Å². The standard InChI is InChI=1S/C26H23ClF2N6O2.C23H19ClF2N4O2.C22H19ClF2N4O2.C22H20ClFN4O/c1-3-21(36)34-7-9-35(10-8-34)26-17-11-18(27)22(24(29)25(17)31-14-32-26)23-19(28)5-4-6-20(23)37-13-16-12-30-15-33(16)2;1-2-17(32)29-7-6-23(9-29)10-30(11-23)22-13-8-14(24)18(20(26)21(13)27-12-28-22)19-15(25)4-3-5-16(19)31;1-2-17(31)28-7-4-8-29(10-9-28)22-13-11-14(23)18(20(25)21(13)26-12-27-22)19-15(24)5-3-6-16(19)30;1-3-20(29)27-7-9-28(10-8-27)22-16-11-17(23)15(12-19(16)25-13-26-22)21-14(2)5-4-6-18(21)24/h3-6,11-12,14-15H,1,7-10,13H2,2H3;2-5,8,12,31H,1,6-7,9-11H2;2-3,5-6,11-12,30H,1,4,7-10H2;3-6,11-13H,1,7-10H2,2H3. The van der Waals surface area contributed by atoms with Crippen LogP contribution in [0.3, 0.4) is 0 Å². The molecule has 13 aromatic rings. The van der Waals surface area contributed by atoms with Gasteiger partial charge in [0.1, 0.15) is 112 Å². The number of likely N-dealkylation sites (tertiary alicyclic amines) is 1. The number of halogens is 11. The monoisotopic (exact) mass is 1830 g/mol. The van der Waals surface area contributed by atoms with Gasteiger partial charge >= 0.3 is 0 Å². The normalized spacial score (nSPS) is 14.9. The maximum absolute atomic E-state index is 16.0. The number of ether oxygens (including phenoxy) is 1. The average Bonchev–Trinajstić information content (AvgIpc) is 1.67. The fraction of sp³-hybridized carbons (Fsp3) is 0.237. The van der Waals surface area contributed by atoms with Gasteiger partial charge in [-0.25, -0.2) is 75.6 Å². The number of rotatable bonds is 15. The Morgan fingerprint density at radius 3 is 1.28 bits per heavy atom. The Hall–Kier alpha value is -13.6. The van der Waals surface area contributed by atoms with Crippen molar-refractivity contribution in [2.75, 3.05) is 124 Å². The number of carbonyl (C=O) groups is 4. The smallest absolute Gasteiger partial charge is 0.246 e. The minimum absolute atomic E-state index is 0.00277. The third kappa shape index (κ3) is 18.3. The molecule has 0 radical (unpaired) electrons. The van der Waals surface area contributed by atoms with Crippen LogP contribution in [0.5, 0.6) is 17.2 Å². The minimum atomic E-state index is -0.843. The zero-order valence-electron chi connectivity index (χ0n) is 69.5. The molecule has 4 amide bonds. The van der Waals surface area contributed by atoms with Crippen molar-refractivity contribution in [1.29, 1.82) is 0 Å². The molecule has 5 aliphatic rings. The molecule has 1 spiro atoms. The van der Waals surface area contributed by atoms with Crippen LogP contribution in [0, 0.1) is 53.1 Å². The number of aromatic nitrogens is 10. The van der Waals surface area contributed by atoms with E-state index in [1.165, 1.54) is 104 Å². The number of nitrogens with zero attached hydrogens (tertiary/aromatic N) is 18. The Morgan fingerprint density at radius 2 is 0.829 bits per heavy atom. The van der Waals surface area contributed by atoms with Crippen LogP contribution in [0.1, 0.15) is 24.1 Å². The van der Waals surface area contributed by atoms with Crippen LogP contribution in [0.4, 0.5) is 54.0 Å². The van der Waals surface area contributed by atoms with E-state index in [1.807, 2.05) is 40.8 Å². The summed E-state index contributed by atoms with van der Waals surface area (Å²) in [6, 6.07) is 24.8. The molecule has 5 aliphatic heterocycles. The van der Waals surface area contributed by atoms with Crippen LogP contribution in [-0.2, 0) is 32.8 Å². The largest absolute Gasteiger partial charge is 0.507 e. The molecule has 8 aromatic carbocycles. The molecule has 0 atom stereocenters. The van der Waals surface area contributed by atoms with E-state index in [4.69, 9.17) is 51.1 Å². The molecule has 2 N–H and O–H groups in total. The molecule has 129 heavy (non-hydrogen) atoms. The van der Waals surface area contributed by atoms with Gasteiger partial charge in [0.25, 0.3) is 0 Å². The van der Waals surface area contributed by atoms with Gasteiger partial charge in [0.15, 0.2) is 17.5 Å². The zero-order chi connectivity index (χ0) is 91.4. The maximum atomic E-state index is 16.0. The number of phenolic OH excluding ortho intramolecular Hbond substituents is 2. The lowest BCUT2D eigenvalue weighted by Gasteiger charge is -2.48. The summed E-state index contributed by atoms with van der Waals surface area (Å²) >= 11 is 25.9. The van der Waals surface area contributed by atoms with Gasteiger partial charge in [0, 0.05) is 172 Å². The fourth-order valence-corrected chi connectivity index (χ4v) is 17.9. The van der Waals surface area contributed by atoms with Gasteiger partial charge in [-0.2, -0.15) is 0 Å². The number of fused-ring (bicyclic) bond motifs is 4. The Bertz CT molecular complexity index is 6580. The first-order valence-electron chi connectivity index (χ1n) is 40.7. The minimum Gasteiger partial charge on any atom is -0.507 e. The molecule has 5 saturated heterocycles. The van der Waals surface area contributed by atoms with Crippen LogP contribution in [0.25, 0.3) is 88.1 Å². The van der Waals surface area contributed by atoms with Crippen molar-refractivity contribution in [3.05, 3.63) is 264 Å². The molecule has 0 aliphatic carbocycles. The molecule has 5 aromatic heterocycles. The van der Waals surface area contributed by atoms with E-state index in [1.54, 1.807) is 61.0 Å². The molecular formula is C93H81Cl4F7N18O7. The van der Waals surface area contributed by atoms with E-state index in [0.29, 0.717) is 166 Å². The highest BCUT2D eigenvalue weighted by Gasteiger charge is 2.49. The van der Waals surface area contributed by atoms with Crippen molar-refractivity contribution < 1.29 is 64.9 Å². The van der Waals surface area contributed by atoms with E-state index < -0.39 is 46.4 Å². The number of hydrogen-bond acceptors (Lipinski definition) is 20. The quantitative estimate of drug-likeness (QED) is 0.0713. The first-order chi connectivity index (χ1) is 62.1. The number of imidazole rings is 1. The second-order valence-electron chi connectivity index (χ2n) is 31.0. The van der Waals surface area contributed by atoms with E-state index in [2.05, 4.69) is 76.1 Å². The van der Waals surface area contributed by atoms with Gasteiger partial charge in [-0.15, -0.1) is 0 Å². The van der Waals surface area contributed by atoms with Crippen molar-refractivity contribution in [3.63, 3.8) is 0 Å². The number of carbonyl (C=O) groups excluding carboxylic acids is 4. The average molecular weight is 1840 g/mol. The van der Waals surface area contributed by atoms with Crippen LogP contribution >= 0.6 is 46.4 Å². The number of aromatic hydroxyl groups is 2. The maximum Gasteiger partial charge on any atom is 0.246 e. The molecule has 25 nitrogen and oxygen atoms in total. The summed E-state index contributed by atoms with van der Waals surface area (Å²) in [7, 11) is 1.81. The summed E-state index contributed by atoms with van der Waals surface area (Å²) in [6.07, 6.45) is 15.3. The number of hydrogen-bond donors (Lipinski definition) is 2. The highest BCUT2D eigenvalue weighted by molar-refractivity contribution is 6.36. The third-order valence-corrected chi connectivity index (χ3v) is 24.5. The Morgan fingerprint density at radius 1 is 0.434 bits per heavy atom. The van der Waals surface area contributed by atoms with Crippen molar-refractivity contribution in [3.8, 4) is 61.8 Å². The van der Waals surface area contributed by atoms with Crippen LogP contribution < -0.4 is 24.3 Å². The lowest BCUT2D eigenvalue weighted by Crippen LogP contribution is -2.58. The molecule has 0 bridgehead atoms. The lowest BCUT2D eigenvalue weighted by atomic mass is 9.79. The fourth-order valence-electron chi connectivity index (χ4n) is 16.8. The van der Waals surface area contributed by atoms with Gasteiger partial charge < -0.3 is 58.7 Å². The van der Waals surface area contributed by atoms with E-state index >= 15 is 17.6 Å². The van der Waals surface area contributed by atoms with E-state index in [0.717, 1.165) is 41.0 Å². The van der Waals surface area contributed by atoms with Gasteiger partial charge in [-0.05, 0) is 122 Å². The number of anilines is 4. The lowest BCUT2D eigenvalue weighted by molar-refractivity contribution is -0.127. The van der Waals surface area contributed by atoms with Crippen LogP contribution in [0.2, 0.25) is 20.1 Å². The molecule has 0 unspecified atom stereocenters. The second kappa shape index (κ2) is 38.6. The highest BCUT2D eigenvalue weighted by Crippen LogP contribution is 2.49. The predicted octanol–water partition coefficient (Wildman–Crippen LogP) is 16.9. The number of amides is 4. The molecular weight excluding hydrogens is 1760 g/mol. The molecule has 5 fully saturated rings. The molecule has 10 heterocycles. The second-order valence-corrected chi connectivity index (χ2v) is 32.7. The van der Waals surface area contributed by atoms with Crippen molar-refractivity contribution in [2.45, 2.75) is 26.4 Å². The van der Waals surface area contributed by atoms with Crippen molar-refractivity contribution >= 4 is 137 Å². The summed E-state index contributed by atoms with van der Waals surface area (Å²) in [5.41, 5.74) is 1.94. The Kier molecular flexibility index (Phi) is 27.0. The highest BCUT2D eigenvalue weighted by atomic mass is 35.5. The summed E-state index contributed by atoms with van der Waals surface area (Å²) in [5, 5.41) is 22.5. The van der Waals surface area contributed by atoms with Gasteiger partial charge in [0.05, 0.1) is 55.5 Å². The number of piperazine rings is 2. The van der Waals surface area contributed by atoms with Gasteiger partial charge in [-0.3, -0.25) is 19.2 Å². The van der Waals surface area contributed by atoms with Crippen LogP contribution in [-0.4, -0.2) is 208 Å². The first-order valence-corrected chi connectivity index (χ1v) is 42.2. The van der Waals surface area contributed by atoms with Gasteiger partial charge in [-0.1, -0.05) is 103 Å². The summed E-state index contributed by atoms with van der Waals surface area (Å²) < 4.78 is 113. The van der Waals surface area contributed by atoms with Crippen molar-refractivity contribution in [2.24, 2.45) is 12.5 Å². The summed E-state index contributed by atoms with van der Waals surface area (Å²) in [4.78, 5) is 101. The first kappa shape index (κ1) is 90.2. The zero-order valence-corrected chi connectivity index (χ0v) is 72.5. The van der Waals surface area contributed by atoms with Crippen LogP contribution in [0.15, 0.2) is 192 Å². The Balaban J connectivity index is 0.000000133. The van der Waals surface area contributed by atoms with E-state index in [9.17, 15) is 42.6 Å². The molecule has 662 valence electrons. The van der Waals surface area contributed by atoms with Crippen molar-refractivity contribution in [1.82, 2.24) is 69.0 Å². The molecule has 36 heteroatoms.